The van der Waals surface area contributed by atoms with E-state index in [1.807, 2.05) is 13.8 Å². The summed E-state index contributed by atoms with van der Waals surface area (Å²) in [5, 5.41) is 25.5. The minimum absolute atomic E-state index is 0.0708. The van der Waals surface area contributed by atoms with Crippen molar-refractivity contribution in [1.82, 2.24) is 0 Å². The second-order valence-electron chi connectivity index (χ2n) is 6.02. The van der Waals surface area contributed by atoms with E-state index in [9.17, 15) is 29.8 Å². The SMILES string of the molecule is CC1=CC(=O)C(C(C)C)=C/C1=N/OC(=O)c1ccc([N+](=O)[O-])cc1[N+](=O)[O-]. The molecule has 0 fully saturated rings. The van der Waals surface area contributed by atoms with Crippen molar-refractivity contribution in [2.45, 2.75) is 20.8 Å². The van der Waals surface area contributed by atoms with Gasteiger partial charge in [0.1, 0.15) is 11.3 Å². The lowest BCUT2D eigenvalue weighted by Gasteiger charge is -2.14. The van der Waals surface area contributed by atoms with Crippen LogP contribution in [0.3, 0.4) is 0 Å². The summed E-state index contributed by atoms with van der Waals surface area (Å²) in [6, 6.07) is 2.56. The number of oxime groups is 1. The second kappa shape index (κ2) is 7.68. The van der Waals surface area contributed by atoms with E-state index in [1.165, 1.54) is 12.2 Å². The van der Waals surface area contributed by atoms with Crippen molar-refractivity contribution in [2.75, 3.05) is 0 Å². The Morgan fingerprint density at radius 2 is 1.81 bits per heavy atom. The van der Waals surface area contributed by atoms with Crippen LogP contribution in [0.25, 0.3) is 0 Å². The molecule has 0 heterocycles. The molecule has 0 amide bonds. The third-order valence-corrected chi connectivity index (χ3v) is 3.79. The van der Waals surface area contributed by atoms with Crippen LogP contribution in [0.15, 0.2) is 46.7 Å². The summed E-state index contributed by atoms with van der Waals surface area (Å²) in [5.41, 5.74) is -0.586. The first-order valence-electron chi connectivity index (χ1n) is 7.78. The van der Waals surface area contributed by atoms with Gasteiger partial charge in [-0.25, -0.2) is 4.79 Å². The molecule has 0 aliphatic heterocycles. The van der Waals surface area contributed by atoms with Gasteiger partial charge in [0.2, 0.25) is 0 Å². The Bertz CT molecular complexity index is 942. The normalized spacial score (nSPS) is 15.4. The van der Waals surface area contributed by atoms with Gasteiger partial charge in [0, 0.05) is 11.6 Å². The van der Waals surface area contributed by atoms with Crippen LogP contribution >= 0.6 is 0 Å². The molecule has 0 saturated heterocycles. The Balaban J connectivity index is 2.34. The second-order valence-corrected chi connectivity index (χ2v) is 6.02. The molecule has 1 aliphatic carbocycles. The van der Waals surface area contributed by atoms with Gasteiger partial charge in [0.15, 0.2) is 5.78 Å². The van der Waals surface area contributed by atoms with Crippen LogP contribution in [0.1, 0.15) is 31.1 Å². The summed E-state index contributed by atoms with van der Waals surface area (Å²) < 4.78 is 0. The number of benzene rings is 1. The quantitative estimate of drug-likeness (QED) is 0.334. The van der Waals surface area contributed by atoms with Gasteiger partial charge < -0.3 is 4.84 Å². The van der Waals surface area contributed by atoms with Crippen molar-refractivity contribution in [3.05, 3.63) is 67.3 Å². The largest absolute Gasteiger partial charge is 0.372 e. The molecule has 1 aromatic carbocycles. The van der Waals surface area contributed by atoms with Crippen LogP contribution in [0.4, 0.5) is 11.4 Å². The molecule has 0 saturated carbocycles. The maximum absolute atomic E-state index is 12.2. The summed E-state index contributed by atoms with van der Waals surface area (Å²) in [5.74, 6) is -1.38. The topological polar surface area (TPSA) is 142 Å². The van der Waals surface area contributed by atoms with E-state index >= 15 is 0 Å². The Labute approximate surface area is 153 Å². The highest BCUT2D eigenvalue weighted by atomic mass is 16.7. The molecule has 0 atom stereocenters. The Morgan fingerprint density at radius 3 is 2.37 bits per heavy atom. The number of hydrogen-bond acceptors (Lipinski definition) is 8. The first-order chi connectivity index (χ1) is 12.6. The zero-order chi connectivity index (χ0) is 20.3. The minimum atomic E-state index is -1.15. The van der Waals surface area contributed by atoms with Crippen LogP contribution < -0.4 is 0 Å². The molecular weight excluding hydrogens is 358 g/mol. The summed E-state index contributed by atoms with van der Waals surface area (Å²) in [6.07, 6.45) is 2.84. The van der Waals surface area contributed by atoms with Gasteiger partial charge in [-0.05, 0) is 36.6 Å². The Hall–Kier alpha value is -3.69. The molecule has 0 aromatic heterocycles. The number of carbonyl (C=O) groups is 2. The maximum Gasteiger partial charge on any atom is 0.372 e. The Morgan fingerprint density at radius 1 is 1.15 bits per heavy atom. The van der Waals surface area contributed by atoms with Crippen molar-refractivity contribution in [3.8, 4) is 0 Å². The third-order valence-electron chi connectivity index (χ3n) is 3.79. The highest BCUT2D eigenvalue weighted by Gasteiger charge is 2.26. The summed E-state index contributed by atoms with van der Waals surface area (Å²) in [7, 11) is 0. The molecule has 140 valence electrons. The number of ketones is 1. The van der Waals surface area contributed by atoms with Crippen LogP contribution in [0.2, 0.25) is 0 Å². The monoisotopic (exact) mass is 373 g/mol. The fourth-order valence-corrected chi connectivity index (χ4v) is 2.33. The molecule has 0 radical (unpaired) electrons. The van der Waals surface area contributed by atoms with Gasteiger partial charge in [-0.15, -0.1) is 0 Å². The van der Waals surface area contributed by atoms with E-state index < -0.39 is 32.8 Å². The standard InChI is InChI=1S/C17H15N3O7/c1-9(2)13-8-14(10(3)6-16(13)21)18-27-17(22)12-5-4-11(19(23)24)7-15(12)20(25)26/h4-9H,1-3H3/b18-14-. The highest BCUT2D eigenvalue weighted by molar-refractivity contribution is 6.21. The van der Waals surface area contributed by atoms with Gasteiger partial charge >= 0.3 is 5.97 Å². The van der Waals surface area contributed by atoms with E-state index in [-0.39, 0.29) is 17.4 Å². The zero-order valence-corrected chi connectivity index (χ0v) is 14.7. The van der Waals surface area contributed by atoms with E-state index in [2.05, 4.69) is 5.16 Å². The van der Waals surface area contributed by atoms with Crippen LogP contribution in [0, 0.1) is 26.1 Å². The number of carbonyl (C=O) groups excluding carboxylic acids is 2. The summed E-state index contributed by atoms with van der Waals surface area (Å²) in [4.78, 5) is 49.0. The molecule has 0 unspecified atom stereocenters. The van der Waals surface area contributed by atoms with Crippen molar-refractivity contribution in [1.29, 1.82) is 0 Å². The predicted molar refractivity (Wildman–Crippen MR) is 94.3 cm³/mol. The van der Waals surface area contributed by atoms with Crippen molar-refractivity contribution in [3.63, 3.8) is 0 Å². The molecule has 0 spiro atoms. The molecular formula is C17H15N3O7. The number of nitro groups is 2. The van der Waals surface area contributed by atoms with Gasteiger partial charge in [-0.1, -0.05) is 19.0 Å². The number of rotatable bonds is 5. The molecule has 0 N–H and O–H groups in total. The molecule has 27 heavy (non-hydrogen) atoms. The van der Waals surface area contributed by atoms with Crippen LogP contribution in [-0.2, 0) is 9.63 Å². The fourth-order valence-electron chi connectivity index (χ4n) is 2.33. The molecule has 1 aromatic rings. The van der Waals surface area contributed by atoms with E-state index in [1.54, 1.807) is 6.92 Å². The summed E-state index contributed by atoms with van der Waals surface area (Å²) >= 11 is 0. The van der Waals surface area contributed by atoms with Crippen molar-refractivity contribution >= 4 is 28.8 Å². The predicted octanol–water partition coefficient (Wildman–Crippen LogP) is 3.13. The molecule has 1 aliphatic rings. The van der Waals surface area contributed by atoms with Gasteiger partial charge in [-0.2, -0.15) is 0 Å². The third kappa shape index (κ3) is 4.29. The lowest BCUT2D eigenvalue weighted by atomic mass is 9.90. The van der Waals surface area contributed by atoms with E-state index in [0.29, 0.717) is 17.2 Å². The molecule has 0 bridgehead atoms. The number of allylic oxidation sites excluding steroid dienone is 4. The molecule has 2 rings (SSSR count). The Kier molecular flexibility index (Phi) is 5.59. The van der Waals surface area contributed by atoms with Crippen LogP contribution in [-0.4, -0.2) is 27.3 Å². The maximum atomic E-state index is 12.2. The highest BCUT2D eigenvalue weighted by Crippen LogP contribution is 2.26. The van der Waals surface area contributed by atoms with Gasteiger partial charge in [0.05, 0.1) is 15.9 Å². The van der Waals surface area contributed by atoms with Gasteiger partial charge in [0.25, 0.3) is 11.4 Å². The number of non-ortho nitro benzene ring substituents is 1. The van der Waals surface area contributed by atoms with Crippen molar-refractivity contribution in [2.24, 2.45) is 11.1 Å². The van der Waals surface area contributed by atoms with E-state index in [4.69, 9.17) is 4.84 Å². The van der Waals surface area contributed by atoms with Crippen LogP contribution in [0.5, 0.6) is 0 Å². The zero-order valence-electron chi connectivity index (χ0n) is 14.7. The van der Waals surface area contributed by atoms with Crippen molar-refractivity contribution < 1.29 is 24.3 Å². The first-order valence-corrected chi connectivity index (χ1v) is 7.78. The van der Waals surface area contributed by atoms with Gasteiger partial charge in [-0.3, -0.25) is 25.0 Å². The lowest BCUT2D eigenvalue weighted by Crippen LogP contribution is -2.16. The minimum Gasteiger partial charge on any atom is -0.312 e. The molecule has 10 heteroatoms. The average Bonchev–Trinajstić information content (AvgIpc) is 2.59. The first kappa shape index (κ1) is 19.6. The molecule has 10 nitrogen and oxygen atoms in total. The smallest absolute Gasteiger partial charge is 0.312 e. The number of hydrogen-bond donors (Lipinski definition) is 0. The van der Waals surface area contributed by atoms with E-state index in [0.717, 1.165) is 12.1 Å². The fraction of sp³-hybridized carbons (Fsp3) is 0.235. The average molecular weight is 373 g/mol. The number of nitro benzene ring substituents is 2. The number of nitrogens with zero attached hydrogens (tertiary/aromatic N) is 3. The summed E-state index contributed by atoms with van der Waals surface area (Å²) in [6.45, 7) is 5.25. The lowest BCUT2D eigenvalue weighted by molar-refractivity contribution is -0.394.